The molecular formula is C14H19NO3S. The Hall–Kier alpha value is -1.49. The highest BCUT2D eigenvalue weighted by atomic mass is 32.2. The second kappa shape index (κ2) is 7.84. The Labute approximate surface area is 117 Å². The van der Waals surface area contributed by atoms with E-state index in [0.717, 1.165) is 17.7 Å². The second-order valence-electron chi connectivity index (χ2n) is 4.35. The van der Waals surface area contributed by atoms with Crippen LogP contribution in [-0.2, 0) is 11.3 Å². The molecule has 0 aliphatic heterocycles. The number of benzene rings is 1. The number of rotatable bonds is 7. The third-order valence-electron chi connectivity index (χ3n) is 2.79. The number of aromatic carboxylic acids is 1. The highest BCUT2D eigenvalue weighted by molar-refractivity contribution is 7.98. The van der Waals surface area contributed by atoms with Crippen molar-refractivity contribution in [3.05, 3.63) is 35.4 Å². The van der Waals surface area contributed by atoms with Gasteiger partial charge in [-0.3, -0.25) is 4.79 Å². The molecule has 0 aliphatic rings. The summed E-state index contributed by atoms with van der Waals surface area (Å²) in [7, 11) is 1.77. The van der Waals surface area contributed by atoms with Crippen LogP contribution in [-0.4, -0.2) is 40.9 Å². The summed E-state index contributed by atoms with van der Waals surface area (Å²) in [5, 5.41) is 8.80. The summed E-state index contributed by atoms with van der Waals surface area (Å²) >= 11 is 1.74. The Morgan fingerprint density at radius 1 is 1.26 bits per heavy atom. The van der Waals surface area contributed by atoms with E-state index in [9.17, 15) is 9.59 Å². The fraction of sp³-hybridized carbons (Fsp3) is 0.429. The number of carbonyl (C=O) groups is 2. The number of nitrogens with zero attached hydrogens (tertiary/aromatic N) is 1. The molecule has 19 heavy (non-hydrogen) atoms. The van der Waals surface area contributed by atoms with E-state index in [1.165, 1.54) is 0 Å². The van der Waals surface area contributed by atoms with E-state index < -0.39 is 5.97 Å². The predicted molar refractivity (Wildman–Crippen MR) is 77.5 cm³/mol. The number of amides is 1. The van der Waals surface area contributed by atoms with Crippen LogP contribution in [0.4, 0.5) is 0 Å². The summed E-state index contributed by atoms with van der Waals surface area (Å²) in [6.45, 7) is 0.512. The Bertz CT molecular complexity index is 431. The quantitative estimate of drug-likeness (QED) is 0.780. The van der Waals surface area contributed by atoms with Gasteiger partial charge in [-0.15, -0.1) is 0 Å². The molecule has 0 fully saturated rings. The summed E-state index contributed by atoms with van der Waals surface area (Å²) < 4.78 is 0. The van der Waals surface area contributed by atoms with Gasteiger partial charge in [0.1, 0.15) is 0 Å². The van der Waals surface area contributed by atoms with E-state index in [4.69, 9.17) is 5.11 Å². The normalized spacial score (nSPS) is 10.2. The smallest absolute Gasteiger partial charge is 0.335 e. The van der Waals surface area contributed by atoms with Crippen LogP contribution in [0.25, 0.3) is 0 Å². The minimum atomic E-state index is -0.937. The van der Waals surface area contributed by atoms with Crippen molar-refractivity contribution in [2.75, 3.05) is 19.1 Å². The Kier molecular flexibility index (Phi) is 6.42. The molecule has 0 radical (unpaired) electrons. The lowest BCUT2D eigenvalue weighted by Gasteiger charge is -2.17. The Morgan fingerprint density at radius 2 is 1.89 bits per heavy atom. The molecule has 0 aromatic heterocycles. The highest BCUT2D eigenvalue weighted by Gasteiger charge is 2.09. The number of carboxylic acids is 1. The van der Waals surface area contributed by atoms with Crippen molar-refractivity contribution in [2.45, 2.75) is 19.4 Å². The zero-order valence-corrected chi connectivity index (χ0v) is 12.1. The SMILES string of the molecule is CSCCCC(=O)N(C)Cc1ccc(C(=O)O)cc1. The number of carboxylic acid groups (broad SMARTS) is 1. The summed E-state index contributed by atoms with van der Waals surface area (Å²) in [5.41, 5.74) is 1.20. The molecule has 104 valence electrons. The molecule has 0 aliphatic carbocycles. The van der Waals surface area contributed by atoms with Gasteiger partial charge in [-0.1, -0.05) is 12.1 Å². The van der Waals surface area contributed by atoms with Gasteiger partial charge in [0.05, 0.1) is 5.56 Å². The van der Waals surface area contributed by atoms with Gasteiger partial charge in [-0.25, -0.2) is 4.79 Å². The molecule has 0 heterocycles. The first kappa shape index (κ1) is 15.6. The molecule has 1 N–H and O–H groups in total. The molecule has 0 saturated heterocycles. The van der Waals surface area contributed by atoms with Crippen LogP contribution in [0.15, 0.2) is 24.3 Å². The van der Waals surface area contributed by atoms with E-state index in [1.54, 1.807) is 48.0 Å². The van der Waals surface area contributed by atoms with E-state index >= 15 is 0 Å². The molecule has 0 bridgehead atoms. The predicted octanol–water partition coefficient (Wildman–Crippen LogP) is 2.49. The van der Waals surface area contributed by atoms with Crippen molar-refractivity contribution in [2.24, 2.45) is 0 Å². The molecule has 1 amide bonds. The second-order valence-corrected chi connectivity index (χ2v) is 5.33. The third kappa shape index (κ3) is 5.34. The van der Waals surface area contributed by atoms with Crippen molar-refractivity contribution in [1.82, 2.24) is 4.90 Å². The molecule has 4 nitrogen and oxygen atoms in total. The molecule has 1 aromatic rings. The van der Waals surface area contributed by atoms with Gasteiger partial charge >= 0.3 is 5.97 Å². The lowest BCUT2D eigenvalue weighted by molar-refractivity contribution is -0.130. The van der Waals surface area contributed by atoms with E-state index in [0.29, 0.717) is 13.0 Å². The molecule has 0 atom stereocenters. The summed E-state index contributed by atoms with van der Waals surface area (Å²) in [5.74, 6) is 0.178. The minimum Gasteiger partial charge on any atom is -0.478 e. The maximum atomic E-state index is 11.8. The van der Waals surface area contributed by atoms with Gasteiger partial charge < -0.3 is 10.0 Å². The monoisotopic (exact) mass is 281 g/mol. The van der Waals surface area contributed by atoms with Gasteiger partial charge in [-0.05, 0) is 36.1 Å². The van der Waals surface area contributed by atoms with Gasteiger partial charge in [0, 0.05) is 20.0 Å². The van der Waals surface area contributed by atoms with Crippen molar-refractivity contribution in [3.63, 3.8) is 0 Å². The first-order valence-corrected chi connectivity index (χ1v) is 7.49. The lowest BCUT2D eigenvalue weighted by Crippen LogP contribution is -2.26. The molecule has 5 heteroatoms. The van der Waals surface area contributed by atoms with Crippen molar-refractivity contribution >= 4 is 23.6 Å². The van der Waals surface area contributed by atoms with Crippen LogP contribution in [0.5, 0.6) is 0 Å². The highest BCUT2D eigenvalue weighted by Crippen LogP contribution is 2.09. The van der Waals surface area contributed by atoms with Crippen LogP contribution < -0.4 is 0 Å². The van der Waals surface area contributed by atoms with Gasteiger partial charge in [-0.2, -0.15) is 11.8 Å². The van der Waals surface area contributed by atoms with E-state index in [2.05, 4.69) is 0 Å². The van der Waals surface area contributed by atoms with Crippen molar-refractivity contribution < 1.29 is 14.7 Å². The van der Waals surface area contributed by atoms with Crippen LogP contribution in [0.1, 0.15) is 28.8 Å². The van der Waals surface area contributed by atoms with E-state index in [-0.39, 0.29) is 11.5 Å². The summed E-state index contributed by atoms with van der Waals surface area (Å²) in [6.07, 6.45) is 3.48. The molecule has 1 rings (SSSR count). The van der Waals surface area contributed by atoms with Gasteiger partial charge in [0.25, 0.3) is 0 Å². The first-order chi connectivity index (χ1) is 9.04. The molecular weight excluding hydrogens is 262 g/mol. The Balaban J connectivity index is 2.49. The lowest BCUT2D eigenvalue weighted by atomic mass is 10.1. The van der Waals surface area contributed by atoms with Crippen LogP contribution >= 0.6 is 11.8 Å². The number of hydrogen-bond acceptors (Lipinski definition) is 3. The minimum absolute atomic E-state index is 0.122. The zero-order chi connectivity index (χ0) is 14.3. The van der Waals surface area contributed by atoms with Gasteiger partial charge in [0.2, 0.25) is 5.91 Å². The number of hydrogen-bond donors (Lipinski definition) is 1. The summed E-state index contributed by atoms with van der Waals surface area (Å²) in [6, 6.07) is 6.61. The fourth-order valence-corrected chi connectivity index (χ4v) is 2.11. The first-order valence-electron chi connectivity index (χ1n) is 6.09. The van der Waals surface area contributed by atoms with Crippen LogP contribution in [0.2, 0.25) is 0 Å². The maximum Gasteiger partial charge on any atom is 0.335 e. The average molecular weight is 281 g/mol. The molecule has 0 unspecified atom stereocenters. The average Bonchev–Trinajstić information content (AvgIpc) is 2.39. The summed E-state index contributed by atoms with van der Waals surface area (Å²) in [4.78, 5) is 24.2. The standard InChI is InChI=1S/C14H19NO3S/c1-15(13(16)4-3-9-19-2)10-11-5-7-12(8-6-11)14(17)18/h5-8H,3-4,9-10H2,1-2H3,(H,17,18). The van der Waals surface area contributed by atoms with Crippen molar-refractivity contribution in [3.8, 4) is 0 Å². The molecule has 1 aromatic carbocycles. The largest absolute Gasteiger partial charge is 0.478 e. The molecule has 0 saturated carbocycles. The zero-order valence-electron chi connectivity index (χ0n) is 11.3. The Morgan fingerprint density at radius 3 is 2.42 bits per heavy atom. The third-order valence-corrected chi connectivity index (χ3v) is 3.48. The number of carbonyl (C=O) groups excluding carboxylic acids is 1. The fourth-order valence-electron chi connectivity index (χ4n) is 1.67. The van der Waals surface area contributed by atoms with Crippen molar-refractivity contribution in [1.29, 1.82) is 0 Å². The van der Waals surface area contributed by atoms with Gasteiger partial charge in [0.15, 0.2) is 0 Å². The van der Waals surface area contributed by atoms with Crippen LogP contribution in [0.3, 0.4) is 0 Å². The number of thioether (sulfide) groups is 1. The van der Waals surface area contributed by atoms with Crippen LogP contribution in [0, 0.1) is 0 Å². The van der Waals surface area contributed by atoms with E-state index in [1.807, 2.05) is 6.26 Å². The molecule has 0 spiro atoms. The maximum absolute atomic E-state index is 11.8. The topological polar surface area (TPSA) is 57.6 Å².